The fraction of sp³-hybridized carbons (Fsp3) is 0.310. The SMILES string of the molecule is CCCNC(=O)[C@@H](C)N(Cc1ccc(Cl)cc1Cl)C(=O)CN(c1ccc(C)cc1C)S(=O)(=O)c1ccccc1. The minimum atomic E-state index is -4.12. The molecule has 0 aliphatic carbocycles. The van der Waals surface area contributed by atoms with Crippen molar-refractivity contribution in [3.63, 3.8) is 0 Å². The van der Waals surface area contributed by atoms with Crippen LogP contribution in [0.3, 0.4) is 0 Å². The van der Waals surface area contributed by atoms with E-state index in [0.717, 1.165) is 16.3 Å². The van der Waals surface area contributed by atoms with Crippen LogP contribution >= 0.6 is 23.2 Å². The van der Waals surface area contributed by atoms with Crippen LogP contribution in [0.4, 0.5) is 5.69 Å². The van der Waals surface area contributed by atoms with Crippen molar-refractivity contribution >= 4 is 50.7 Å². The van der Waals surface area contributed by atoms with Crippen molar-refractivity contribution in [2.75, 3.05) is 17.4 Å². The highest BCUT2D eigenvalue weighted by atomic mass is 35.5. The normalized spacial score (nSPS) is 12.1. The van der Waals surface area contributed by atoms with E-state index in [1.54, 1.807) is 62.4 Å². The van der Waals surface area contributed by atoms with Gasteiger partial charge in [-0.1, -0.05) is 72.1 Å². The third-order valence-electron chi connectivity index (χ3n) is 6.30. The maximum atomic E-state index is 14.0. The van der Waals surface area contributed by atoms with Crippen molar-refractivity contribution in [3.05, 3.63) is 93.5 Å². The number of aryl methyl sites for hydroxylation is 2. The van der Waals surface area contributed by atoms with Crippen LogP contribution < -0.4 is 9.62 Å². The molecule has 0 heterocycles. The third-order valence-corrected chi connectivity index (χ3v) is 8.66. The number of amides is 2. The maximum Gasteiger partial charge on any atom is 0.264 e. The molecule has 0 aliphatic rings. The Morgan fingerprint density at radius 3 is 2.28 bits per heavy atom. The molecule has 3 aromatic carbocycles. The molecule has 0 saturated carbocycles. The first kappa shape index (κ1) is 30.5. The van der Waals surface area contributed by atoms with Gasteiger partial charge in [0.15, 0.2) is 0 Å². The molecule has 0 spiro atoms. The average molecular weight is 591 g/mol. The van der Waals surface area contributed by atoms with Crippen LogP contribution in [0.2, 0.25) is 10.0 Å². The van der Waals surface area contributed by atoms with Crippen molar-refractivity contribution in [1.82, 2.24) is 10.2 Å². The number of anilines is 1. The van der Waals surface area contributed by atoms with Crippen LogP contribution in [0.25, 0.3) is 0 Å². The third kappa shape index (κ3) is 7.53. The number of hydrogen-bond donors (Lipinski definition) is 1. The van der Waals surface area contributed by atoms with Gasteiger partial charge in [0.2, 0.25) is 11.8 Å². The highest BCUT2D eigenvalue weighted by molar-refractivity contribution is 7.92. The molecule has 3 rings (SSSR count). The quantitative estimate of drug-likeness (QED) is 0.308. The predicted octanol–water partition coefficient (Wildman–Crippen LogP) is 5.75. The molecule has 0 radical (unpaired) electrons. The van der Waals surface area contributed by atoms with Gasteiger partial charge in [-0.15, -0.1) is 0 Å². The number of carbonyl (C=O) groups excluding carboxylic acids is 2. The number of carbonyl (C=O) groups is 2. The molecule has 0 aliphatic heterocycles. The van der Waals surface area contributed by atoms with Gasteiger partial charge in [-0.3, -0.25) is 13.9 Å². The van der Waals surface area contributed by atoms with E-state index in [2.05, 4.69) is 5.32 Å². The van der Waals surface area contributed by atoms with Gasteiger partial charge in [0.25, 0.3) is 10.0 Å². The average Bonchev–Trinajstić information content (AvgIpc) is 2.90. The minimum Gasteiger partial charge on any atom is -0.354 e. The molecule has 0 saturated heterocycles. The van der Waals surface area contributed by atoms with Gasteiger partial charge in [-0.05, 0) is 68.7 Å². The summed E-state index contributed by atoms with van der Waals surface area (Å²) < 4.78 is 28.8. The Labute approximate surface area is 240 Å². The Morgan fingerprint density at radius 1 is 0.974 bits per heavy atom. The van der Waals surface area contributed by atoms with E-state index in [-0.39, 0.29) is 17.3 Å². The molecule has 0 unspecified atom stereocenters. The molecule has 10 heteroatoms. The second-order valence-electron chi connectivity index (χ2n) is 9.34. The fourth-order valence-electron chi connectivity index (χ4n) is 4.13. The van der Waals surface area contributed by atoms with Crippen molar-refractivity contribution in [2.45, 2.75) is 51.6 Å². The lowest BCUT2D eigenvalue weighted by atomic mass is 10.1. The smallest absolute Gasteiger partial charge is 0.264 e. The summed E-state index contributed by atoms with van der Waals surface area (Å²) in [5.74, 6) is -0.904. The van der Waals surface area contributed by atoms with Crippen LogP contribution in [0.1, 0.15) is 37.0 Å². The zero-order valence-corrected chi connectivity index (χ0v) is 24.8. The van der Waals surface area contributed by atoms with E-state index in [4.69, 9.17) is 23.2 Å². The van der Waals surface area contributed by atoms with Gasteiger partial charge < -0.3 is 10.2 Å². The van der Waals surface area contributed by atoms with Crippen molar-refractivity contribution in [3.8, 4) is 0 Å². The molecule has 7 nitrogen and oxygen atoms in total. The lowest BCUT2D eigenvalue weighted by molar-refractivity contribution is -0.139. The van der Waals surface area contributed by atoms with Crippen LogP contribution in [0, 0.1) is 13.8 Å². The number of rotatable bonds is 11. The maximum absolute atomic E-state index is 14.0. The van der Waals surface area contributed by atoms with E-state index in [1.165, 1.54) is 17.0 Å². The Balaban J connectivity index is 2.06. The van der Waals surface area contributed by atoms with Gasteiger partial charge in [0.05, 0.1) is 10.6 Å². The summed E-state index contributed by atoms with van der Waals surface area (Å²) in [5.41, 5.74) is 2.61. The lowest BCUT2D eigenvalue weighted by Gasteiger charge is -2.32. The molecule has 1 atom stereocenters. The van der Waals surface area contributed by atoms with E-state index in [0.29, 0.717) is 33.4 Å². The van der Waals surface area contributed by atoms with Crippen molar-refractivity contribution in [2.24, 2.45) is 0 Å². The van der Waals surface area contributed by atoms with Crippen molar-refractivity contribution in [1.29, 1.82) is 0 Å². The lowest BCUT2D eigenvalue weighted by Crippen LogP contribution is -2.51. The Kier molecular flexibility index (Phi) is 10.4. The molecular weight excluding hydrogens is 557 g/mol. The van der Waals surface area contributed by atoms with E-state index in [9.17, 15) is 18.0 Å². The Morgan fingerprint density at radius 2 is 1.67 bits per heavy atom. The van der Waals surface area contributed by atoms with Crippen molar-refractivity contribution < 1.29 is 18.0 Å². The number of benzene rings is 3. The second-order valence-corrected chi connectivity index (χ2v) is 12.0. The monoisotopic (exact) mass is 589 g/mol. The highest BCUT2D eigenvalue weighted by Crippen LogP contribution is 2.29. The van der Waals surface area contributed by atoms with Crippen LogP contribution in [0.5, 0.6) is 0 Å². The Bertz CT molecular complexity index is 1430. The molecular formula is C29H33Cl2N3O4S. The number of sulfonamides is 1. The molecule has 2 amide bonds. The van der Waals surface area contributed by atoms with Gasteiger partial charge in [0.1, 0.15) is 12.6 Å². The largest absolute Gasteiger partial charge is 0.354 e. The predicted molar refractivity (Wildman–Crippen MR) is 157 cm³/mol. The van der Waals surface area contributed by atoms with Crippen LogP contribution in [-0.2, 0) is 26.2 Å². The van der Waals surface area contributed by atoms with Gasteiger partial charge >= 0.3 is 0 Å². The fourth-order valence-corrected chi connectivity index (χ4v) is 6.10. The summed E-state index contributed by atoms with van der Waals surface area (Å²) in [5, 5.41) is 3.59. The zero-order chi connectivity index (χ0) is 28.7. The molecule has 39 heavy (non-hydrogen) atoms. The standard InChI is InChI=1S/C29H33Cl2N3O4S/c1-5-15-32-29(36)22(4)33(18-23-12-13-24(30)17-26(23)31)28(35)19-34(27-14-11-20(2)16-21(27)3)39(37,38)25-9-7-6-8-10-25/h6-14,16-17,22H,5,15,18-19H2,1-4H3,(H,32,36)/t22-/m1/s1. The summed E-state index contributed by atoms with van der Waals surface area (Å²) in [6, 6.07) is 17.3. The topological polar surface area (TPSA) is 86.8 Å². The van der Waals surface area contributed by atoms with E-state index >= 15 is 0 Å². The summed E-state index contributed by atoms with van der Waals surface area (Å²) in [6.07, 6.45) is 0.727. The first-order valence-electron chi connectivity index (χ1n) is 12.6. The summed E-state index contributed by atoms with van der Waals surface area (Å²) in [4.78, 5) is 28.3. The number of hydrogen-bond acceptors (Lipinski definition) is 4. The summed E-state index contributed by atoms with van der Waals surface area (Å²) >= 11 is 12.5. The molecule has 208 valence electrons. The van der Waals surface area contributed by atoms with Crippen LogP contribution in [-0.4, -0.2) is 44.3 Å². The van der Waals surface area contributed by atoms with Gasteiger partial charge in [0, 0.05) is 23.1 Å². The summed E-state index contributed by atoms with van der Waals surface area (Å²) in [7, 11) is -4.12. The number of nitrogens with one attached hydrogen (secondary N) is 1. The second kappa shape index (κ2) is 13.3. The molecule has 0 fully saturated rings. The molecule has 0 bridgehead atoms. The van der Waals surface area contributed by atoms with Gasteiger partial charge in [-0.25, -0.2) is 8.42 Å². The van der Waals surface area contributed by atoms with Crippen LogP contribution in [0.15, 0.2) is 71.6 Å². The summed E-state index contributed by atoms with van der Waals surface area (Å²) in [6.45, 7) is 7.17. The molecule has 0 aromatic heterocycles. The highest BCUT2D eigenvalue weighted by Gasteiger charge is 2.33. The Hall–Kier alpha value is -3.07. The number of halogens is 2. The van der Waals surface area contributed by atoms with E-state index in [1.807, 2.05) is 19.9 Å². The van der Waals surface area contributed by atoms with Gasteiger partial charge in [-0.2, -0.15) is 0 Å². The number of nitrogens with zero attached hydrogens (tertiary/aromatic N) is 2. The first-order valence-corrected chi connectivity index (χ1v) is 14.8. The minimum absolute atomic E-state index is 0.0123. The molecule has 3 aromatic rings. The molecule has 1 N–H and O–H groups in total. The first-order chi connectivity index (χ1) is 18.4. The zero-order valence-electron chi connectivity index (χ0n) is 22.4. The van der Waals surface area contributed by atoms with E-state index < -0.39 is 28.5 Å².